The minimum atomic E-state index is -1.08. The van der Waals surface area contributed by atoms with Crippen molar-refractivity contribution in [3.63, 3.8) is 0 Å². The number of ether oxygens (including phenoxy) is 1. The number of quaternary nitrogens is 1. The van der Waals surface area contributed by atoms with Gasteiger partial charge < -0.3 is 15.1 Å². The van der Waals surface area contributed by atoms with E-state index in [1.807, 2.05) is 0 Å². The van der Waals surface area contributed by atoms with Crippen molar-refractivity contribution in [2.75, 3.05) is 6.61 Å². The predicted molar refractivity (Wildman–Crippen MR) is 61.8 cm³/mol. The fourth-order valence-electron chi connectivity index (χ4n) is 1.57. The van der Waals surface area contributed by atoms with E-state index < -0.39 is 12.0 Å². The van der Waals surface area contributed by atoms with E-state index in [0.717, 1.165) is 31.2 Å². The van der Waals surface area contributed by atoms with Gasteiger partial charge in [-0.3, -0.25) is 4.47 Å². The van der Waals surface area contributed by atoms with Crippen LogP contribution in [0.3, 0.4) is 0 Å². The maximum atomic E-state index is 11.4. The SMILES string of the molecule is CCCCCCC1OCC(C(=O)O)[NH+]([O-])S1. The summed E-state index contributed by atoms with van der Waals surface area (Å²) in [5.41, 5.74) is -0.139. The van der Waals surface area contributed by atoms with E-state index in [4.69, 9.17) is 9.84 Å². The number of hydroxylamine groups is 1. The van der Waals surface area contributed by atoms with E-state index >= 15 is 0 Å². The highest BCUT2D eigenvalue weighted by molar-refractivity contribution is 7.93. The lowest BCUT2D eigenvalue weighted by Crippen LogP contribution is -3.08. The molecule has 1 aliphatic heterocycles. The third-order valence-electron chi connectivity index (χ3n) is 2.57. The molecular weight excluding hydrogens is 230 g/mol. The van der Waals surface area contributed by atoms with Crippen molar-refractivity contribution in [3.05, 3.63) is 5.21 Å². The average molecular weight is 249 g/mol. The number of hydrogen-bond donors (Lipinski definition) is 2. The van der Waals surface area contributed by atoms with E-state index in [0.29, 0.717) is 0 Å². The maximum absolute atomic E-state index is 11.4. The number of nitrogens with one attached hydrogen (secondary N) is 1. The van der Waals surface area contributed by atoms with Crippen LogP contribution in [0.2, 0.25) is 0 Å². The lowest BCUT2D eigenvalue weighted by molar-refractivity contribution is -0.725. The standard InChI is InChI=1S/C10H19NO4S/c1-2-3-4-5-6-9-15-7-8(10(12)13)11(14)16-9/h8-9,11H,2-7H2,1H3,(H,12,13). The molecule has 0 saturated carbocycles. The Morgan fingerprint density at radius 3 is 2.88 bits per heavy atom. The van der Waals surface area contributed by atoms with Crippen LogP contribution in [0.4, 0.5) is 0 Å². The van der Waals surface area contributed by atoms with Crippen LogP contribution >= 0.6 is 11.9 Å². The molecule has 0 spiro atoms. The van der Waals surface area contributed by atoms with Crippen LogP contribution in [0.5, 0.6) is 0 Å². The molecule has 6 heteroatoms. The molecule has 0 amide bonds. The molecule has 0 aromatic heterocycles. The summed E-state index contributed by atoms with van der Waals surface area (Å²) in [6.07, 6.45) is 5.40. The van der Waals surface area contributed by atoms with Crippen LogP contribution in [0.1, 0.15) is 39.0 Å². The molecule has 0 aromatic carbocycles. The summed E-state index contributed by atoms with van der Waals surface area (Å²) in [6.45, 7) is 2.17. The summed E-state index contributed by atoms with van der Waals surface area (Å²) in [5, 5.41) is 20.2. The van der Waals surface area contributed by atoms with Gasteiger partial charge in [-0.05, 0) is 12.8 Å². The van der Waals surface area contributed by atoms with Gasteiger partial charge in [0.15, 0.2) is 5.44 Å². The molecule has 1 heterocycles. The molecule has 3 atom stereocenters. The molecule has 0 aliphatic carbocycles. The molecule has 5 nitrogen and oxygen atoms in total. The predicted octanol–water partition coefficient (Wildman–Crippen LogP) is 0.797. The Labute approximate surface area is 99.9 Å². The van der Waals surface area contributed by atoms with Crippen molar-refractivity contribution < 1.29 is 19.1 Å². The van der Waals surface area contributed by atoms with Crippen molar-refractivity contribution in [2.45, 2.75) is 50.5 Å². The molecule has 16 heavy (non-hydrogen) atoms. The molecular formula is C10H19NO4S. The fourth-order valence-corrected chi connectivity index (χ4v) is 2.59. The summed E-state index contributed by atoms with van der Waals surface area (Å²) in [6, 6.07) is -0.975. The molecule has 3 unspecified atom stereocenters. The number of unbranched alkanes of at least 4 members (excludes halogenated alkanes) is 3. The Hall–Kier alpha value is -0.300. The average Bonchev–Trinajstić information content (AvgIpc) is 2.24. The maximum Gasteiger partial charge on any atom is 0.366 e. The topological polar surface area (TPSA) is 74.0 Å². The summed E-state index contributed by atoms with van der Waals surface area (Å²) in [4.78, 5) is 10.7. The number of carboxylic acid groups (broad SMARTS) is 1. The Bertz CT molecular complexity index is 227. The third kappa shape index (κ3) is 4.29. The first-order valence-corrected chi connectivity index (χ1v) is 6.58. The van der Waals surface area contributed by atoms with Gasteiger partial charge in [-0.2, -0.15) is 0 Å². The third-order valence-corrected chi connectivity index (χ3v) is 3.72. The van der Waals surface area contributed by atoms with Crippen LogP contribution in [0.25, 0.3) is 0 Å². The van der Waals surface area contributed by atoms with Crippen molar-refractivity contribution in [1.29, 1.82) is 0 Å². The minimum Gasteiger partial charge on any atom is -0.621 e. The van der Waals surface area contributed by atoms with Gasteiger partial charge in [0, 0.05) is 0 Å². The Morgan fingerprint density at radius 2 is 2.31 bits per heavy atom. The zero-order valence-corrected chi connectivity index (χ0v) is 10.3. The Morgan fingerprint density at radius 1 is 1.56 bits per heavy atom. The summed E-state index contributed by atoms with van der Waals surface area (Å²) < 4.78 is 5.10. The van der Waals surface area contributed by atoms with Crippen molar-refractivity contribution in [1.82, 2.24) is 0 Å². The highest BCUT2D eigenvalue weighted by Gasteiger charge is 2.34. The van der Waals surface area contributed by atoms with Gasteiger partial charge in [-0.1, -0.05) is 26.2 Å². The first-order valence-electron chi connectivity index (χ1n) is 5.70. The van der Waals surface area contributed by atoms with Crippen molar-refractivity contribution >= 4 is 17.9 Å². The highest BCUT2D eigenvalue weighted by Crippen LogP contribution is 2.18. The van der Waals surface area contributed by atoms with Gasteiger partial charge in [0.05, 0.1) is 0 Å². The summed E-state index contributed by atoms with van der Waals surface area (Å²) >= 11 is 1.04. The molecule has 1 fully saturated rings. The van der Waals surface area contributed by atoms with Crippen LogP contribution in [-0.4, -0.2) is 29.2 Å². The van der Waals surface area contributed by atoms with Gasteiger partial charge in [0.25, 0.3) is 0 Å². The number of carboxylic acids is 1. The summed E-state index contributed by atoms with van der Waals surface area (Å²) in [5.74, 6) is -1.08. The van der Waals surface area contributed by atoms with Gasteiger partial charge in [0.1, 0.15) is 18.6 Å². The molecule has 2 N–H and O–H groups in total. The zero-order valence-electron chi connectivity index (χ0n) is 9.48. The molecule has 1 saturated heterocycles. The van der Waals surface area contributed by atoms with E-state index in [-0.39, 0.29) is 16.5 Å². The summed E-state index contributed by atoms with van der Waals surface area (Å²) in [7, 11) is 0. The number of carbonyl (C=O) groups is 1. The van der Waals surface area contributed by atoms with E-state index in [1.54, 1.807) is 0 Å². The molecule has 94 valence electrons. The molecule has 1 rings (SSSR count). The lowest BCUT2D eigenvalue weighted by atomic mass is 10.2. The smallest absolute Gasteiger partial charge is 0.366 e. The first-order chi connectivity index (χ1) is 7.65. The Balaban J connectivity index is 2.21. The number of rotatable bonds is 6. The van der Waals surface area contributed by atoms with E-state index in [9.17, 15) is 10.0 Å². The van der Waals surface area contributed by atoms with Crippen molar-refractivity contribution in [2.24, 2.45) is 0 Å². The monoisotopic (exact) mass is 249 g/mol. The molecule has 0 radical (unpaired) electrons. The molecule has 0 aromatic rings. The van der Waals surface area contributed by atoms with Gasteiger partial charge in [-0.25, -0.2) is 4.79 Å². The lowest BCUT2D eigenvalue weighted by Gasteiger charge is -2.34. The minimum absolute atomic E-state index is 0.0274. The van der Waals surface area contributed by atoms with Gasteiger partial charge in [0.2, 0.25) is 6.04 Å². The molecule has 0 bridgehead atoms. The second-order valence-corrected chi connectivity index (χ2v) is 5.10. The van der Waals surface area contributed by atoms with Gasteiger partial charge >= 0.3 is 5.97 Å². The molecule has 1 aliphatic rings. The van der Waals surface area contributed by atoms with Crippen LogP contribution in [0.15, 0.2) is 0 Å². The number of aliphatic carboxylic acids is 1. The quantitative estimate of drug-likeness (QED) is 0.414. The fraction of sp³-hybridized carbons (Fsp3) is 0.900. The van der Waals surface area contributed by atoms with Crippen LogP contribution in [-0.2, 0) is 9.53 Å². The number of hydrogen-bond acceptors (Lipinski definition) is 4. The van der Waals surface area contributed by atoms with Crippen LogP contribution in [0, 0.1) is 5.21 Å². The highest BCUT2D eigenvalue weighted by atomic mass is 32.2. The zero-order chi connectivity index (χ0) is 12.0. The normalized spacial score (nSPS) is 30.2. The largest absolute Gasteiger partial charge is 0.621 e. The Kier molecular flexibility index (Phi) is 6.12. The van der Waals surface area contributed by atoms with E-state index in [1.165, 1.54) is 12.8 Å². The van der Waals surface area contributed by atoms with E-state index in [2.05, 4.69) is 6.92 Å². The second kappa shape index (κ2) is 7.11. The van der Waals surface area contributed by atoms with Crippen molar-refractivity contribution in [3.8, 4) is 0 Å². The second-order valence-electron chi connectivity index (χ2n) is 3.94. The van der Waals surface area contributed by atoms with Crippen LogP contribution < -0.4 is 4.47 Å². The van der Waals surface area contributed by atoms with Gasteiger partial charge in [-0.15, -0.1) is 0 Å². The first kappa shape index (κ1) is 13.8.